The lowest BCUT2D eigenvalue weighted by molar-refractivity contribution is 0.0818. The first-order valence-electron chi connectivity index (χ1n) is 6.28. The molecular formula is C13H18FNO3S. The van der Waals surface area contributed by atoms with Crippen molar-refractivity contribution in [3.63, 3.8) is 0 Å². The molecule has 4 nitrogen and oxygen atoms in total. The summed E-state index contributed by atoms with van der Waals surface area (Å²) < 4.78 is 36.2. The van der Waals surface area contributed by atoms with Crippen molar-refractivity contribution < 1.29 is 17.9 Å². The SMILES string of the molecule is CCN(Cc1cccc(F)c1)[C@H]1CS(=O)(=O)C[C@@H]1O. The van der Waals surface area contributed by atoms with E-state index in [-0.39, 0.29) is 17.3 Å². The molecule has 0 aliphatic carbocycles. The fraction of sp³-hybridized carbons (Fsp3) is 0.538. The van der Waals surface area contributed by atoms with Crippen molar-refractivity contribution in [2.45, 2.75) is 25.6 Å². The summed E-state index contributed by atoms with van der Waals surface area (Å²) in [6.07, 6.45) is -0.862. The van der Waals surface area contributed by atoms with E-state index in [1.807, 2.05) is 11.8 Å². The van der Waals surface area contributed by atoms with E-state index in [2.05, 4.69) is 0 Å². The Morgan fingerprint density at radius 3 is 2.68 bits per heavy atom. The Morgan fingerprint density at radius 1 is 1.42 bits per heavy atom. The van der Waals surface area contributed by atoms with E-state index in [4.69, 9.17) is 0 Å². The summed E-state index contributed by atoms with van der Waals surface area (Å²) >= 11 is 0. The fourth-order valence-electron chi connectivity index (χ4n) is 2.49. The van der Waals surface area contributed by atoms with Crippen LogP contribution >= 0.6 is 0 Å². The summed E-state index contributed by atoms with van der Waals surface area (Å²) in [5, 5.41) is 9.86. The highest BCUT2D eigenvalue weighted by Crippen LogP contribution is 2.20. The van der Waals surface area contributed by atoms with E-state index in [0.29, 0.717) is 13.1 Å². The maximum absolute atomic E-state index is 13.1. The van der Waals surface area contributed by atoms with E-state index in [1.165, 1.54) is 12.1 Å². The number of hydrogen-bond acceptors (Lipinski definition) is 4. The number of aliphatic hydroxyl groups is 1. The minimum Gasteiger partial charge on any atom is -0.390 e. The number of likely N-dealkylation sites (N-methyl/N-ethyl adjacent to an activating group) is 1. The van der Waals surface area contributed by atoms with Gasteiger partial charge in [0.05, 0.1) is 23.7 Å². The van der Waals surface area contributed by atoms with Crippen molar-refractivity contribution in [2.75, 3.05) is 18.1 Å². The standard InChI is InChI=1S/C13H18FNO3S/c1-2-15(7-10-4-3-5-11(14)6-10)12-8-19(17,18)9-13(12)16/h3-6,12-13,16H,2,7-9H2,1H3/t12-,13-/m0/s1. The second-order valence-corrected chi connectivity index (χ2v) is 7.06. The van der Waals surface area contributed by atoms with E-state index in [9.17, 15) is 17.9 Å². The van der Waals surface area contributed by atoms with Gasteiger partial charge in [0.15, 0.2) is 9.84 Å². The van der Waals surface area contributed by atoms with Gasteiger partial charge in [-0.1, -0.05) is 19.1 Å². The third kappa shape index (κ3) is 3.52. The van der Waals surface area contributed by atoms with Gasteiger partial charge >= 0.3 is 0 Å². The van der Waals surface area contributed by atoms with Crippen molar-refractivity contribution in [1.82, 2.24) is 4.90 Å². The number of halogens is 1. The van der Waals surface area contributed by atoms with Gasteiger partial charge in [-0.25, -0.2) is 12.8 Å². The maximum Gasteiger partial charge on any atom is 0.154 e. The number of benzene rings is 1. The molecule has 106 valence electrons. The van der Waals surface area contributed by atoms with Gasteiger partial charge in [-0.2, -0.15) is 0 Å². The lowest BCUT2D eigenvalue weighted by Crippen LogP contribution is -2.42. The Kier molecular flexibility index (Phi) is 4.23. The van der Waals surface area contributed by atoms with E-state index >= 15 is 0 Å². The Balaban J connectivity index is 2.13. The molecule has 0 amide bonds. The lowest BCUT2D eigenvalue weighted by atomic mass is 10.1. The number of aliphatic hydroxyl groups excluding tert-OH is 1. The van der Waals surface area contributed by atoms with Gasteiger partial charge in [0.25, 0.3) is 0 Å². The first-order valence-corrected chi connectivity index (χ1v) is 8.10. The van der Waals surface area contributed by atoms with Gasteiger partial charge in [0.1, 0.15) is 5.82 Å². The molecule has 19 heavy (non-hydrogen) atoms. The minimum atomic E-state index is -3.17. The highest BCUT2D eigenvalue weighted by Gasteiger charge is 2.39. The summed E-state index contributed by atoms with van der Waals surface area (Å²) in [5.74, 6) is -0.526. The van der Waals surface area contributed by atoms with Crippen molar-refractivity contribution in [1.29, 1.82) is 0 Å². The van der Waals surface area contributed by atoms with Crippen LogP contribution < -0.4 is 0 Å². The minimum absolute atomic E-state index is 0.0304. The molecule has 1 aromatic rings. The van der Waals surface area contributed by atoms with Crippen LogP contribution in [0.25, 0.3) is 0 Å². The molecule has 6 heteroatoms. The van der Waals surface area contributed by atoms with Crippen molar-refractivity contribution in [3.05, 3.63) is 35.6 Å². The molecule has 1 aliphatic heterocycles. The number of sulfone groups is 1. The molecule has 1 aromatic carbocycles. The second-order valence-electron chi connectivity index (χ2n) is 4.90. The van der Waals surface area contributed by atoms with Gasteiger partial charge in [-0.15, -0.1) is 0 Å². The molecule has 1 heterocycles. The molecule has 1 N–H and O–H groups in total. The zero-order valence-electron chi connectivity index (χ0n) is 10.8. The first-order chi connectivity index (χ1) is 8.91. The quantitative estimate of drug-likeness (QED) is 0.890. The Morgan fingerprint density at radius 2 is 2.16 bits per heavy atom. The van der Waals surface area contributed by atoms with Gasteiger partial charge in [0.2, 0.25) is 0 Å². The molecule has 1 aliphatic rings. The highest BCUT2D eigenvalue weighted by atomic mass is 32.2. The van der Waals surface area contributed by atoms with Crippen LogP contribution in [0.5, 0.6) is 0 Å². The number of rotatable bonds is 4. The fourth-order valence-corrected chi connectivity index (χ4v) is 4.32. The predicted octanol–water partition coefficient (Wildman–Crippen LogP) is 0.806. The van der Waals surface area contributed by atoms with Crippen LogP contribution in [0, 0.1) is 5.82 Å². The second kappa shape index (κ2) is 5.56. The van der Waals surface area contributed by atoms with Crippen LogP contribution in [0.1, 0.15) is 12.5 Å². The molecule has 2 atom stereocenters. The molecule has 1 saturated heterocycles. The number of hydrogen-bond donors (Lipinski definition) is 1. The molecule has 0 aromatic heterocycles. The number of nitrogens with zero attached hydrogens (tertiary/aromatic N) is 1. The summed E-state index contributed by atoms with van der Waals surface area (Å²) in [6, 6.07) is 5.81. The summed E-state index contributed by atoms with van der Waals surface area (Å²) in [6.45, 7) is 2.94. The van der Waals surface area contributed by atoms with E-state index in [1.54, 1.807) is 12.1 Å². The monoisotopic (exact) mass is 287 g/mol. The van der Waals surface area contributed by atoms with E-state index in [0.717, 1.165) is 5.56 Å². The molecular weight excluding hydrogens is 269 g/mol. The zero-order valence-corrected chi connectivity index (χ0v) is 11.6. The van der Waals surface area contributed by atoms with Gasteiger partial charge in [-0.05, 0) is 24.2 Å². The van der Waals surface area contributed by atoms with Gasteiger partial charge in [0, 0.05) is 6.54 Å². The van der Waals surface area contributed by atoms with Crippen LogP contribution in [0.3, 0.4) is 0 Å². The van der Waals surface area contributed by atoms with Crippen LogP contribution in [0.15, 0.2) is 24.3 Å². The van der Waals surface area contributed by atoms with Crippen molar-refractivity contribution in [3.8, 4) is 0 Å². The van der Waals surface area contributed by atoms with Gasteiger partial charge < -0.3 is 5.11 Å². The van der Waals surface area contributed by atoms with E-state index < -0.39 is 22.0 Å². The topological polar surface area (TPSA) is 57.6 Å². The zero-order chi connectivity index (χ0) is 14.0. The molecule has 1 fully saturated rings. The van der Waals surface area contributed by atoms with Crippen LogP contribution in [-0.4, -0.2) is 48.6 Å². The third-order valence-electron chi connectivity index (χ3n) is 3.44. The smallest absolute Gasteiger partial charge is 0.154 e. The van der Waals surface area contributed by atoms with Crippen LogP contribution in [0.2, 0.25) is 0 Å². The normalized spacial score (nSPS) is 25.9. The molecule has 0 radical (unpaired) electrons. The van der Waals surface area contributed by atoms with Gasteiger partial charge in [-0.3, -0.25) is 4.90 Å². The van der Waals surface area contributed by atoms with Crippen LogP contribution in [0.4, 0.5) is 4.39 Å². The highest BCUT2D eigenvalue weighted by molar-refractivity contribution is 7.91. The summed E-state index contributed by atoms with van der Waals surface area (Å²) in [7, 11) is -3.17. The molecule has 0 spiro atoms. The molecule has 0 saturated carbocycles. The summed E-state index contributed by atoms with van der Waals surface area (Å²) in [5.41, 5.74) is 0.776. The Bertz CT molecular complexity index is 547. The van der Waals surface area contributed by atoms with Crippen molar-refractivity contribution in [2.24, 2.45) is 0 Å². The largest absolute Gasteiger partial charge is 0.390 e. The maximum atomic E-state index is 13.1. The van der Waals surface area contributed by atoms with Crippen LogP contribution in [-0.2, 0) is 16.4 Å². The molecule has 2 rings (SSSR count). The lowest BCUT2D eigenvalue weighted by Gasteiger charge is -2.28. The molecule has 0 bridgehead atoms. The average molecular weight is 287 g/mol. The average Bonchev–Trinajstić information content (AvgIpc) is 2.60. The Hall–Kier alpha value is -0.980. The first kappa shape index (κ1) is 14.4. The molecule has 0 unspecified atom stereocenters. The Labute approximate surface area is 112 Å². The predicted molar refractivity (Wildman–Crippen MR) is 70.9 cm³/mol. The van der Waals surface area contributed by atoms with Crippen molar-refractivity contribution >= 4 is 9.84 Å². The third-order valence-corrected chi connectivity index (χ3v) is 5.14. The summed E-state index contributed by atoms with van der Waals surface area (Å²) in [4.78, 5) is 1.88.